The molecule has 0 aliphatic carbocycles. The molecular formula is C31H26N2O3. The second-order valence-electron chi connectivity index (χ2n) is 8.23. The first-order valence-corrected chi connectivity index (χ1v) is 11.6. The van der Waals surface area contributed by atoms with Crippen molar-refractivity contribution in [1.29, 1.82) is 5.26 Å². The van der Waals surface area contributed by atoms with Gasteiger partial charge in [0.15, 0.2) is 0 Å². The zero-order chi connectivity index (χ0) is 25.2. The van der Waals surface area contributed by atoms with Gasteiger partial charge in [-0.25, -0.2) is 0 Å². The maximum absolute atomic E-state index is 12.8. The van der Waals surface area contributed by atoms with Crippen molar-refractivity contribution in [2.45, 2.75) is 20.1 Å². The van der Waals surface area contributed by atoms with Crippen LogP contribution < -0.4 is 14.8 Å². The van der Waals surface area contributed by atoms with Crippen LogP contribution in [0.3, 0.4) is 0 Å². The number of para-hydroxylation sites is 1. The van der Waals surface area contributed by atoms with Crippen LogP contribution in [0.15, 0.2) is 109 Å². The molecule has 0 heterocycles. The molecule has 0 atom stereocenters. The zero-order valence-corrected chi connectivity index (χ0v) is 20.0. The van der Waals surface area contributed by atoms with E-state index in [4.69, 9.17) is 9.47 Å². The summed E-state index contributed by atoms with van der Waals surface area (Å²) in [6.07, 6.45) is 1.54. The highest BCUT2D eigenvalue weighted by Crippen LogP contribution is 2.23. The number of carbonyl (C=O) groups is 1. The molecule has 1 N–H and O–H groups in total. The van der Waals surface area contributed by atoms with Gasteiger partial charge in [-0.2, -0.15) is 5.26 Å². The van der Waals surface area contributed by atoms with Gasteiger partial charge in [0.2, 0.25) is 0 Å². The lowest BCUT2D eigenvalue weighted by atomic mass is 10.1. The number of hydrogen-bond acceptors (Lipinski definition) is 4. The van der Waals surface area contributed by atoms with E-state index in [1.54, 1.807) is 24.3 Å². The first kappa shape index (κ1) is 24.3. The number of aryl methyl sites for hydroxylation is 1. The molecule has 178 valence electrons. The van der Waals surface area contributed by atoms with Crippen LogP contribution >= 0.6 is 0 Å². The van der Waals surface area contributed by atoms with E-state index in [2.05, 4.69) is 5.32 Å². The average Bonchev–Trinajstić information content (AvgIpc) is 2.92. The van der Waals surface area contributed by atoms with Crippen molar-refractivity contribution in [3.05, 3.63) is 131 Å². The van der Waals surface area contributed by atoms with Gasteiger partial charge >= 0.3 is 0 Å². The minimum atomic E-state index is -0.497. The largest absolute Gasteiger partial charge is 0.489 e. The van der Waals surface area contributed by atoms with Crippen molar-refractivity contribution in [3.63, 3.8) is 0 Å². The van der Waals surface area contributed by atoms with Crippen molar-refractivity contribution in [2.24, 2.45) is 0 Å². The van der Waals surface area contributed by atoms with E-state index >= 15 is 0 Å². The van der Waals surface area contributed by atoms with Gasteiger partial charge in [-0.1, -0.05) is 78.4 Å². The van der Waals surface area contributed by atoms with Crippen molar-refractivity contribution >= 4 is 17.7 Å². The Hall–Kier alpha value is -4.82. The molecule has 36 heavy (non-hydrogen) atoms. The van der Waals surface area contributed by atoms with Gasteiger partial charge in [0.05, 0.1) is 0 Å². The summed E-state index contributed by atoms with van der Waals surface area (Å²) < 4.78 is 11.8. The predicted molar refractivity (Wildman–Crippen MR) is 141 cm³/mol. The zero-order valence-electron chi connectivity index (χ0n) is 20.0. The molecule has 0 unspecified atom stereocenters. The minimum absolute atomic E-state index is 0.0227. The second kappa shape index (κ2) is 12.0. The smallest absolute Gasteiger partial charge is 0.266 e. The Labute approximate surface area is 211 Å². The summed E-state index contributed by atoms with van der Waals surface area (Å²) in [5.74, 6) is 0.787. The van der Waals surface area contributed by atoms with Crippen molar-refractivity contribution in [3.8, 4) is 17.6 Å². The molecular weight excluding hydrogens is 448 g/mol. The van der Waals surface area contributed by atoms with Crippen LogP contribution in [0.4, 0.5) is 5.69 Å². The number of nitriles is 1. The van der Waals surface area contributed by atoms with Crippen LogP contribution in [0.25, 0.3) is 6.08 Å². The topological polar surface area (TPSA) is 71.3 Å². The van der Waals surface area contributed by atoms with Crippen molar-refractivity contribution < 1.29 is 14.3 Å². The molecule has 0 aliphatic heterocycles. The number of hydrogen-bond donors (Lipinski definition) is 1. The minimum Gasteiger partial charge on any atom is -0.489 e. The van der Waals surface area contributed by atoms with E-state index in [0.717, 1.165) is 11.1 Å². The highest BCUT2D eigenvalue weighted by atomic mass is 16.5. The van der Waals surface area contributed by atoms with E-state index in [1.807, 2.05) is 91.9 Å². The van der Waals surface area contributed by atoms with Gasteiger partial charge in [-0.05, 0) is 54.5 Å². The molecule has 5 nitrogen and oxygen atoms in total. The maximum Gasteiger partial charge on any atom is 0.266 e. The van der Waals surface area contributed by atoms with E-state index in [9.17, 15) is 10.1 Å². The Bertz CT molecular complexity index is 1370. The lowest BCUT2D eigenvalue weighted by Gasteiger charge is -2.10. The molecule has 4 aromatic carbocycles. The first-order valence-electron chi connectivity index (χ1n) is 11.6. The summed E-state index contributed by atoms with van der Waals surface area (Å²) in [6, 6.07) is 34.3. The number of nitrogens with zero attached hydrogens (tertiary/aromatic N) is 1. The Balaban J connectivity index is 1.39. The van der Waals surface area contributed by atoms with Crippen LogP contribution in [0.1, 0.15) is 22.3 Å². The van der Waals surface area contributed by atoms with Gasteiger partial charge < -0.3 is 14.8 Å². The molecule has 5 heteroatoms. The fourth-order valence-electron chi connectivity index (χ4n) is 3.45. The lowest BCUT2D eigenvalue weighted by molar-refractivity contribution is -0.112. The average molecular weight is 475 g/mol. The SMILES string of the molecule is Cc1ccc(COc2ccc(NC(=O)/C(C#N)=C/c3ccccc3OCc3ccccc3)cc2)cc1. The monoisotopic (exact) mass is 474 g/mol. The van der Waals surface area contributed by atoms with Gasteiger partial charge in [0.25, 0.3) is 5.91 Å². The molecule has 4 aromatic rings. The lowest BCUT2D eigenvalue weighted by Crippen LogP contribution is -2.13. The molecule has 0 fully saturated rings. The fraction of sp³-hybridized carbons (Fsp3) is 0.0968. The van der Waals surface area contributed by atoms with E-state index in [1.165, 1.54) is 11.6 Å². The second-order valence-corrected chi connectivity index (χ2v) is 8.23. The summed E-state index contributed by atoms with van der Waals surface area (Å²) in [5.41, 5.74) is 4.51. The molecule has 0 bridgehead atoms. The number of ether oxygens (including phenoxy) is 2. The van der Waals surface area contributed by atoms with Crippen LogP contribution in [-0.4, -0.2) is 5.91 Å². The predicted octanol–water partition coefficient (Wildman–Crippen LogP) is 6.70. The standard InChI is InChI=1S/C31H26N2O3/c1-23-11-13-25(14-12-23)21-35-29-17-15-28(16-18-29)33-31(34)27(20-32)19-26-9-5-6-10-30(26)36-22-24-7-3-2-4-8-24/h2-19H,21-22H2,1H3,(H,33,34)/b27-19+. The summed E-state index contributed by atoms with van der Waals surface area (Å²) in [5, 5.41) is 12.4. The van der Waals surface area contributed by atoms with Gasteiger partial charge in [0, 0.05) is 11.3 Å². The molecule has 4 rings (SSSR count). The normalized spacial score (nSPS) is 10.8. The number of carbonyl (C=O) groups excluding carboxylic acids is 1. The van der Waals surface area contributed by atoms with Gasteiger partial charge in [-0.15, -0.1) is 0 Å². The number of benzene rings is 4. The summed E-state index contributed by atoms with van der Waals surface area (Å²) in [4.78, 5) is 12.8. The Morgan fingerprint density at radius 3 is 2.17 bits per heavy atom. The number of anilines is 1. The molecule has 0 spiro atoms. The highest BCUT2D eigenvalue weighted by Gasteiger charge is 2.12. The Morgan fingerprint density at radius 1 is 0.806 bits per heavy atom. The third-order valence-electron chi connectivity index (χ3n) is 5.46. The van der Waals surface area contributed by atoms with Gasteiger partial charge in [-0.3, -0.25) is 4.79 Å². The third kappa shape index (κ3) is 6.85. The van der Waals surface area contributed by atoms with Crippen molar-refractivity contribution in [2.75, 3.05) is 5.32 Å². The third-order valence-corrected chi connectivity index (χ3v) is 5.46. The van der Waals surface area contributed by atoms with Gasteiger partial charge in [0.1, 0.15) is 36.4 Å². The maximum atomic E-state index is 12.8. The highest BCUT2D eigenvalue weighted by molar-refractivity contribution is 6.09. The van der Waals surface area contributed by atoms with Crippen LogP contribution in [0, 0.1) is 18.3 Å². The molecule has 0 radical (unpaired) electrons. The van der Waals surface area contributed by atoms with Crippen LogP contribution in [0.2, 0.25) is 0 Å². The van der Waals surface area contributed by atoms with Crippen LogP contribution in [0.5, 0.6) is 11.5 Å². The van der Waals surface area contributed by atoms with E-state index in [-0.39, 0.29) is 5.57 Å². The number of amides is 1. The summed E-state index contributed by atoms with van der Waals surface area (Å²) in [7, 11) is 0. The molecule has 0 saturated heterocycles. The van der Waals surface area contributed by atoms with Crippen LogP contribution in [-0.2, 0) is 18.0 Å². The summed E-state index contributed by atoms with van der Waals surface area (Å²) in [6.45, 7) is 2.89. The molecule has 0 aliphatic rings. The molecule has 0 aromatic heterocycles. The number of nitrogens with one attached hydrogen (secondary N) is 1. The molecule has 1 amide bonds. The first-order chi connectivity index (χ1) is 17.6. The Kier molecular flexibility index (Phi) is 8.14. The quantitative estimate of drug-likeness (QED) is 0.216. The van der Waals surface area contributed by atoms with Crippen molar-refractivity contribution in [1.82, 2.24) is 0 Å². The fourth-order valence-corrected chi connectivity index (χ4v) is 3.45. The van der Waals surface area contributed by atoms with E-state index < -0.39 is 5.91 Å². The number of rotatable bonds is 9. The van der Waals surface area contributed by atoms with E-state index in [0.29, 0.717) is 36.0 Å². The molecule has 0 saturated carbocycles. The summed E-state index contributed by atoms with van der Waals surface area (Å²) >= 11 is 0. The Morgan fingerprint density at radius 2 is 1.44 bits per heavy atom.